The molecule has 0 aliphatic carbocycles. The summed E-state index contributed by atoms with van der Waals surface area (Å²) in [6.45, 7) is 6.79. The lowest BCUT2D eigenvalue weighted by molar-refractivity contribution is -0.905. The van der Waals surface area contributed by atoms with Crippen LogP contribution in [0.1, 0.15) is 69.9 Å². The molecule has 0 aromatic heterocycles. The van der Waals surface area contributed by atoms with Crippen LogP contribution in [0.4, 0.5) is 0 Å². The molecule has 0 saturated heterocycles. The monoisotopic (exact) mass is 468 g/mol. The molecule has 0 radical (unpaired) electrons. The Morgan fingerprint density at radius 2 is 1.50 bits per heavy atom. The van der Waals surface area contributed by atoms with Crippen LogP contribution in [0, 0.1) is 5.92 Å². The first-order valence-corrected chi connectivity index (χ1v) is 13.1. The fourth-order valence-electron chi connectivity index (χ4n) is 4.38. The number of hydrogen-bond donors (Lipinski definition) is 0. The Morgan fingerprint density at radius 1 is 0.824 bits per heavy atom. The molecule has 2 aromatic rings. The fourth-order valence-corrected chi connectivity index (χ4v) is 4.38. The Balaban J connectivity index is 1.58. The molecule has 1 atom stereocenters. The number of esters is 1. The van der Waals surface area contributed by atoms with E-state index in [0.717, 1.165) is 29.7 Å². The molecule has 0 saturated carbocycles. The van der Waals surface area contributed by atoms with Crippen molar-refractivity contribution in [1.29, 1.82) is 0 Å². The summed E-state index contributed by atoms with van der Waals surface area (Å²) in [6.07, 6.45) is 9.79. The van der Waals surface area contributed by atoms with Gasteiger partial charge < -0.3 is 14.0 Å². The van der Waals surface area contributed by atoms with Crippen molar-refractivity contribution >= 4 is 5.97 Å². The average Bonchev–Trinajstić information content (AvgIpc) is 2.82. The minimum atomic E-state index is -0.140. The van der Waals surface area contributed by atoms with E-state index in [1.165, 1.54) is 49.7 Å². The molecule has 0 N–H and O–H groups in total. The van der Waals surface area contributed by atoms with Crippen LogP contribution in [-0.2, 0) is 22.5 Å². The van der Waals surface area contributed by atoms with E-state index in [1.807, 2.05) is 25.1 Å². The Labute approximate surface area is 207 Å². The number of unbranched alkanes of at least 4 members (excludes halogenated alkanes) is 5. The van der Waals surface area contributed by atoms with E-state index in [-0.39, 0.29) is 11.9 Å². The molecule has 0 bridgehead atoms. The summed E-state index contributed by atoms with van der Waals surface area (Å²) in [5, 5.41) is 0. The summed E-state index contributed by atoms with van der Waals surface area (Å²) in [5.41, 5.74) is 2.65. The summed E-state index contributed by atoms with van der Waals surface area (Å²) >= 11 is 0. The molecular weight excluding hydrogens is 422 g/mol. The van der Waals surface area contributed by atoms with Crippen LogP contribution in [-0.4, -0.2) is 44.3 Å². The van der Waals surface area contributed by atoms with Gasteiger partial charge in [-0.15, -0.1) is 0 Å². The summed E-state index contributed by atoms with van der Waals surface area (Å²) in [5.74, 6) is 0.614. The van der Waals surface area contributed by atoms with Crippen LogP contribution in [0.25, 0.3) is 0 Å². The van der Waals surface area contributed by atoms with Gasteiger partial charge in [0.1, 0.15) is 18.2 Å². The quantitative estimate of drug-likeness (QED) is 0.145. The van der Waals surface area contributed by atoms with Gasteiger partial charge in [0.25, 0.3) is 0 Å². The number of quaternary nitrogens is 1. The second-order valence-corrected chi connectivity index (χ2v) is 10.2. The molecule has 1 unspecified atom stereocenters. The first-order valence-electron chi connectivity index (χ1n) is 13.1. The lowest BCUT2D eigenvalue weighted by Crippen LogP contribution is -2.44. The summed E-state index contributed by atoms with van der Waals surface area (Å²) in [4.78, 5) is 12.4. The second-order valence-electron chi connectivity index (χ2n) is 10.2. The van der Waals surface area contributed by atoms with Gasteiger partial charge in [0.2, 0.25) is 0 Å². The van der Waals surface area contributed by atoms with Crippen LogP contribution in [0.2, 0.25) is 0 Å². The van der Waals surface area contributed by atoms with Crippen LogP contribution < -0.4 is 4.74 Å². The predicted molar refractivity (Wildman–Crippen MR) is 141 cm³/mol. The van der Waals surface area contributed by atoms with Crippen LogP contribution in [0.3, 0.4) is 0 Å². The van der Waals surface area contributed by atoms with Gasteiger partial charge in [0.15, 0.2) is 0 Å². The van der Waals surface area contributed by atoms with Crippen molar-refractivity contribution < 1.29 is 18.8 Å². The van der Waals surface area contributed by atoms with Gasteiger partial charge >= 0.3 is 5.97 Å². The number of carbonyl (C=O) groups excluding carboxylic acids is 1. The van der Waals surface area contributed by atoms with Crippen molar-refractivity contribution in [3.63, 3.8) is 0 Å². The molecule has 0 fully saturated rings. The fraction of sp³-hybridized carbons (Fsp3) is 0.567. The number of benzene rings is 2. The molecule has 0 spiro atoms. The average molecular weight is 469 g/mol. The molecular formula is C30H46NO3+. The summed E-state index contributed by atoms with van der Waals surface area (Å²) in [6, 6.07) is 18.8. The zero-order valence-corrected chi connectivity index (χ0v) is 21.9. The van der Waals surface area contributed by atoms with Crippen LogP contribution in [0.15, 0.2) is 54.6 Å². The second kappa shape index (κ2) is 15.5. The highest BCUT2D eigenvalue weighted by Gasteiger charge is 2.25. The largest absolute Gasteiger partial charge is 0.493 e. The number of nitrogens with zero attached hydrogens (tertiary/aromatic N) is 1. The van der Waals surface area contributed by atoms with Crippen LogP contribution >= 0.6 is 0 Å². The van der Waals surface area contributed by atoms with Crippen molar-refractivity contribution in [3.05, 3.63) is 65.7 Å². The first kappa shape index (κ1) is 27.9. The molecule has 4 heteroatoms. The van der Waals surface area contributed by atoms with E-state index in [9.17, 15) is 4.79 Å². The minimum absolute atomic E-state index is 0.127. The van der Waals surface area contributed by atoms with Gasteiger partial charge in [-0.05, 0) is 37.5 Å². The van der Waals surface area contributed by atoms with Crippen molar-refractivity contribution in [2.75, 3.05) is 33.9 Å². The SMILES string of the molecule is CCCCCCCCc1ccc(OCCCOC(=O)C(C)C[N+](C)(C)Cc2ccccc2)cc1. The maximum Gasteiger partial charge on any atom is 0.314 e. The molecule has 34 heavy (non-hydrogen) atoms. The normalized spacial score (nSPS) is 12.4. The maximum atomic E-state index is 12.4. The standard InChI is InChI=1S/C30H46NO3/c1-5-6-7-8-9-11-15-27-18-20-29(21-19-27)33-22-14-23-34-30(32)26(2)24-31(3,4)25-28-16-12-10-13-17-28/h10,12-13,16-21,26H,5-9,11,14-15,22-25H2,1-4H3/q+1. The zero-order chi connectivity index (χ0) is 24.7. The van der Waals surface area contributed by atoms with Gasteiger partial charge in [-0.3, -0.25) is 4.79 Å². The molecule has 0 aliphatic heterocycles. The van der Waals surface area contributed by atoms with E-state index in [0.29, 0.717) is 19.6 Å². The highest BCUT2D eigenvalue weighted by atomic mass is 16.5. The van der Waals surface area contributed by atoms with E-state index >= 15 is 0 Å². The summed E-state index contributed by atoms with van der Waals surface area (Å²) < 4.78 is 12.1. The van der Waals surface area contributed by atoms with E-state index in [2.05, 4.69) is 57.4 Å². The zero-order valence-electron chi connectivity index (χ0n) is 21.9. The number of hydrogen-bond acceptors (Lipinski definition) is 3. The molecule has 0 aliphatic rings. The third-order valence-corrected chi connectivity index (χ3v) is 6.17. The van der Waals surface area contributed by atoms with Crippen molar-refractivity contribution in [1.82, 2.24) is 0 Å². The first-order chi connectivity index (χ1) is 16.4. The molecule has 2 rings (SSSR count). The lowest BCUT2D eigenvalue weighted by atomic mass is 10.0. The third kappa shape index (κ3) is 11.7. The maximum absolute atomic E-state index is 12.4. The third-order valence-electron chi connectivity index (χ3n) is 6.17. The predicted octanol–water partition coefficient (Wildman–Crippen LogP) is 6.81. The van der Waals surface area contributed by atoms with Gasteiger partial charge in [-0.1, -0.05) is 81.5 Å². The van der Waals surface area contributed by atoms with Crippen molar-refractivity contribution in [2.24, 2.45) is 5.92 Å². The molecule has 2 aromatic carbocycles. The Hall–Kier alpha value is -2.33. The Bertz CT molecular complexity index is 802. The number of rotatable bonds is 17. The summed E-state index contributed by atoms with van der Waals surface area (Å²) in [7, 11) is 4.31. The van der Waals surface area contributed by atoms with Gasteiger partial charge in [-0.2, -0.15) is 0 Å². The van der Waals surface area contributed by atoms with Gasteiger partial charge in [-0.25, -0.2) is 0 Å². The van der Waals surface area contributed by atoms with E-state index in [1.54, 1.807) is 0 Å². The topological polar surface area (TPSA) is 35.5 Å². The van der Waals surface area contributed by atoms with Crippen molar-refractivity contribution in [2.45, 2.75) is 71.8 Å². The molecule has 0 amide bonds. The highest BCUT2D eigenvalue weighted by Crippen LogP contribution is 2.16. The molecule has 188 valence electrons. The number of ether oxygens (including phenoxy) is 2. The lowest BCUT2D eigenvalue weighted by Gasteiger charge is -2.31. The van der Waals surface area contributed by atoms with Gasteiger partial charge in [0.05, 0.1) is 33.9 Å². The minimum Gasteiger partial charge on any atom is -0.493 e. The highest BCUT2D eigenvalue weighted by molar-refractivity contribution is 5.72. The number of carbonyl (C=O) groups is 1. The van der Waals surface area contributed by atoms with Crippen LogP contribution in [0.5, 0.6) is 5.75 Å². The molecule has 4 nitrogen and oxygen atoms in total. The van der Waals surface area contributed by atoms with Crippen molar-refractivity contribution in [3.8, 4) is 5.75 Å². The Morgan fingerprint density at radius 3 is 2.21 bits per heavy atom. The van der Waals surface area contributed by atoms with E-state index in [4.69, 9.17) is 9.47 Å². The number of aryl methyl sites for hydroxylation is 1. The van der Waals surface area contributed by atoms with E-state index < -0.39 is 0 Å². The smallest absolute Gasteiger partial charge is 0.314 e. The van der Waals surface area contributed by atoms with Gasteiger partial charge in [0, 0.05) is 12.0 Å². The molecule has 0 heterocycles. The Kier molecular flexibility index (Phi) is 12.8.